The third kappa shape index (κ3) is 4.01. The normalized spacial score (nSPS) is 18.6. The molecular formula is C12H14O2. The monoisotopic (exact) mass is 190 g/mol. The van der Waals surface area contributed by atoms with Crippen molar-refractivity contribution in [3.63, 3.8) is 0 Å². The summed E-state index contributed by atoms with van der Waals surface area (Å²) in [4.78, 5) is 10.9. The van der Waals surface area contributed by atoms with Gasteiger partial charge in [-0.2, -0.15) is 0 Å². The van der Waals surface area contributed by atoms with Gasteiger partial charge in [-0.05, 0) is 18.6 Å². The second-order valence-electron chi connectivity index (χ2n) is 2.94. The van der Waals surface area contributed by atoms with Crippen molar-refractivity contribution in [3.8, 4) is 0 Å². The number of ketones is 1. The van der Waals surface area contributed by atoms with E-state index in [0.29, 0.717) is 6.61 Å². The van der Waals surface area contributed by atoms with Gasteiger partial charge in [0.05, 0.1) is 6.61 Å². The smallest absolute Gasteiger partial charge is 0.181 e. The molecule has 0 bridgehead atoms. The summed E-state index contributed by atoms with van der Waals surface area (Å²) < 4.78 is 5.19. The molecule has 0 N–H and O–H groups in total. The lowest BCUT2D eigenvalue weighted by Crippen LogP contribution is -2.08. The van der Waals surface area contributed by atoms with Gasteiger partial charge in [0.15, 0.2) is 5.78 Å². The summed E-state index contributed by atoms with van der Waals surface area (Å²) in [5.74, 6) is 0.0118. The largest absolute Gasteiger partial charge is 0.369 e. The Morgan fingerprint density at radius 2 is 2.21 bits per heavy atom. The highest BCUT2D eigenvalue weighted by molar-refractivity contribution is 5.91. The first-order chi connectivity index (χ1) is 6.83. The van der Waals surface area contributed by atoms with Crippen molar-refractivity contribution in [1.82, 2.24) is 0 Å². The fraction of sp³-hybridized carbons (Fsp3) is 0.250. The minimum atomic E-state index is 0.0118. The molecule has 0 amide bonds. The molecule has 14 heavy (non-hydrogen) atoms. The highest BCUT2D eigenvalue weighted by Gasteiger charge is 2.00. The van der Waals surface area contributed by atoms with E-state index < -0.39 is 0 Å². The molecule has 1 aliphatic rings. The van der Waals surface area contributed by atoms with Gasteiger partial charge in [-0.25, -0.2) is 0 Å². The van der Waals surface area contributed by atoms with E-state index in [4.69, 9.17) is 4.74 Å². The van der Waals surface area contributed by atoms with E-state index in [0.717, 1.165) is 5.57 Å². The van der Waals surface area contributed by atoms with Gasteiger partial charge < -0.3 is 4.74 Å². The Balaban J connectivity index is 2.63. The van der Waals surface area contributed by atoms with Crippen LogP contribution in [0, 0.1) is 0 Å². The van der Waals surface area contributed by atoms with Gasteiger partial charge in [-0.15, -0.1) is 0 Å². The molecule has 0 aromatic heterocycles. The van der Waals surface area contributed by atoms with Gasteiger partial charge in [0.1, 0.15) is 6.61 Å². The first-order valence-electron chi connectivity index (χ1n) is 4.60. The van der Waals surface area contributed by atoms with Crippen LogP contribution in [-0.4, -0.2) is 19.0 Å². The summed E-state index contributed by atoms with van der Waals surface area (Å²) >= 11 is 0. The number of hydrogen-bond acceptors (Lipinski definition) is 2. The summed E-state index contributed by atoms with van der Waals surface area (Å²) in [5, 5.41) is 0. The number of carbonyl (C=O) groups excluding carboxylic acids is 1. The van der Waals surface area contributed by atoms with Gasteiger partial charge >= 0.3 is 0 Å². The van der Waals surface area contributed by atoms with Gasteiger partial charge in [0.25, 0.3) is 0 Å². The van der Waals surface area contributed by atoms with E-state index >= 15 is 0 Å². The number of carbonyl (C=O) groups is 1. The molecule has 0 radical (unpaired) electrons. The topological polar surface area (TPSA) is 26.3 Å². The lowest BCUT2D eigenvalue weighted by Gasteiger charge is -2.04. The van der Waals surface area contributed by atoms with E-state index in [1.807, 2.05) is 37.3 Å². The molecule has 1 aliphatic heterocycles. The van der Waals surface area contributed by atoms with Gasteiger partial charge in [-0.3, -0.25) is 4.79 Å². The van der Waals surface area contributed by atoms with Gasteiger partial charge in [-0.1, -0.05) is 36.5 Å². The van der Waals surface area contributed by atoms with Crippen LogP contribution in [0.4, 0.5) is 0 Å². The Morgan fingerprint density at radius 3 is 3.00 bits per heavy atom. The van der Waals surface area contributed by atoms with Crippen LogP contribution in [0.1, 0.15) is 6.92 Å². The highest BCUT2D eigenvalue weighted by atomic mass is 16.5. The van der Waals surface area contributed by atoms with Crippen LogP contribution in [-0.2, 0) is 9.53 Å². The molecular weight excluding hydrogens is 176 g/mol. The molecule has 2 nitrogen and oxygen atoms in total. The quantitative estimate of drug-likeness (QED) is 0.624. The van der Waals surface area contributed by atoms with Crippen molar-refractivity contribution in [1.29, 1.82) is 0 Å². The zero-order chi connectivity index (χ0) is 10.2. The fourth-order valence-corrected chi connectivity index (χ4v) is 1.04. The number of allylic oxidation sites excluding steroid dienone is 5. The maximum absolute atomic E-state index is 10.9. The van der Waals surface area contributed by atoms with Crippen LogP contribution >= 0.6 is 0 Å². The predicted octanol–water partition coefficient (Wildman–Crippen LogP) is 2.20. The number of rotatable bonds is 2. The maximum Gasteiger partial charge on any atom is 0.181 e. The highest BCUT2D eigenvalue weighted by Crippen LogP contribution is 2.02. The molecule has 0 spiro atoms. The average Bonchev–Trinajstić information content (AvgIpc) is 2.14. The molecule has 0 aliphatic carbocycles. The van der Waals surface area contributed by atoms with E-state index in [2.05, 4.69) is 0 Å². The first kappa shape index (κ1) is 10.7. The SMILES string of the molecule is CC=CC=CC1=CC=CC(=O)COC1. The molecule has 0 saturated carbocycles. The Hall–Kier alpha value is -1.41. The molecule has 0 aromatic carbocycles. The van der Waals surface area contributed by atoms with Crippen molar-refractivity contribution in [2.75, 3.05) is 13.2 Å². The summed E-state index contributed by atoms with van der Waals surface area (Å²) in [6, 6.07) is 0. The summed E-state index contributed by atoms with van der Waals surface area (Å²) in [6.45, 7) is 2.63. The number of hydrogen-bond donors (Lipinski definition) is 0. The molecule has 0 saturated heterocycles. The van der Waals surface area contributed by atoms with E-state index in [1.54, 1.807) is 6.08 Å². The molecule has 2 heteroatoms. The van der Waals surface area contributed by atoms with Crippen molar-refractivity contribution in [3.05, 3.63) is 48.1 Å². The van der Waals surface area contributed by atoms with Crippen molar-refractivity contribution in [2.24, 2.45) is 0 Å². The summed E-state index contributed by atoms with van der Waals surface area (Å²) in [5.41, 5.74) is 1.06. The zero-order valence-corrected chi connectivity index (χ0v) is 8.27. The van der Waals surface area contributed by atoms with E-state index in [1.165, 1.54) is 6.08 Å². The standard InChI is InChI=1S/C12H14O2/c1-2-3-4-6-11-7-5-8-12(13)10-14-9-11/h2-8H,9-10H2,1H3. The second kappa shape index (κ2) is 6.11. The molecule has 74 valence electrons. The summed E-state index contributed by atoms with van der Waals surface area (Å²) in [7, 11) is 0. The van der Waals surface area contributed by atoms with Gasteiger partial charge in [0, 0.05) is 0 Å². The van der Waals surface area contributed by atoms with Crippen LogP contribution in [0.3, 0.4) is 0 Å². The van der Waals surface area contributed by atoms with Crippen molar-refractivity contribution in [2.45, 2.75) is 6.92 Å². The third-order valence-electron chi connectivity index (χ3n) is 1.72. The third-order valence-corrected chi connectivity index (χ3v) is 1.72. The first-order valence-corrected chi connectivity index (χ1v) is 4.60. The molecule has 0 fully saturated rings. The Morgan fingerprint density at radius 1 is 1.36 bits per heavy atom. The number of ether oxygens (including phenoxy) is 1. The molecule has 1 heterocycles. The summed E-state index contributed by atoms with van der Waals surface area (Å²) in [6.07, 6.45) is 13.0. The molecule has 0 aromatic rings. The Labute approximate surface area is 84.3 Å². The van der Waals surface area contributed by atoms with Gasteiger partial charge in [0.2, 0.25) is 0 Å². The second-order valence-corrected chi connectivity index (χ2v) is 2.94. The maximum atomic E-state index is 10.9. The average molecular weight is 190 g/mol. The van der Waals surface area contributed by atoms with Crippen molar-refractivity contribution < 1.29 is 9.53 Å². The lowest BCUT2D eigenvalue weighted by atomic mass is 10.2. The van der Waals surface area contributed by atoms with E-state index in [9.17, 15) is 4.79 Å². The van der Waals surface area contributed by atoms with Crippen LogP contribution in [0.2, 0.25) is 0 Å². The Kier molecular flexibility index (Phi) is 4.65. The minimum absolute atomic E-state index is 0.0118. The lowest BCUT2D eigenvalue weighted by molar-refractivity contribution is -0.118. The predicted molar refractivity (Wildman–Crippen MR) is 57.0 cm³/mol. The Bertz CT molecular complexity index is 306. The minimum Gasteiger partial charge on any atom is -0.369 e. The van der Waals surface area contributed by atoms with Crippen LogP contribution in [0.15, 0.2) is 48.1 Å². The van der Waals surface area contributed by atoms with Crippen molar-refractivity contribution >= 4 is 5.78 Å². The van der Waals surface area contributed by atoms with Crippen LogP contribution < -0.4 is 0 Å². The molecule has 1 rings (SSSR count). The molecule has 0 atom stereocenters. The molecule has 0 unspecified atom stereocenters. The van der Waals surface area contributed by atoms with Crippen LogP contribution in [0.25, 0.3) is 0 Å². The van der Waals surface area contributed by atoms with E-state index in [-0.39, 0.29) is 12.4 Å². The fourth-order valence-electron chi connectivity index (χ4n) is 1.04. The van der Waals surface area contributed by atoms with Crippen LogP contribution in [0.5, 0.6) is 0 Å². The zero-order valence-electron chi connectivity index (χ0n) is 8.27.